The predicted molar refractivity (Wildman–Crippen MR) is 81.6 cm³/mol. The number of nitrogens with zero attached hydrogens (tertiary/aromatic N) is 1. The number of methoxy groups -OCH3 is 1. The van der Waals surface area contributed by atoms with Gasteiger partial charge >= 0.3 is 0 Å². The first-order valence-electron chi connectivity index (χ1n) is 8.27. The van der Waals surface area contributed by atoms with E-state index in [0.29, 0.717) is 18.4 Å². The van der Waals surface area contributed by atoms with E-state index in [2.05, 4.69) is 18.0 Å². The van der Waals surface area contributed by atoms with Gasteiger partial charge in [0.25, 0.3) is 0 Å². The zero-order valence-corrected chi connectivity index (χ0v) is 13.1. The monoisotopic (exact) mass is 299 g/mol. The number of piperidine rings is 1. The SMILES string of the molecule is COc1ccc2c3c1O[C@@H]1C(=O)CCC4[C@H](C2)N(C)CC[C@]341. The lowest BCUT2D eigenvalue weighted by Gasteiger charge is -2.57. The Morgan fingerprint density at radius 3 is 3.09 bits per heavy atom. The molecule has 2 fully saturated rings. The van der Waals surface area contributed by atoms with Gasteiger partial charge in [-0.3, -0.25) is 4.79 Å². The highest BCUT2D eigenvalue weighted by atomic mass is 16.5. The highest BCUT2D eigenvalue weighted by molar-refractivity contribution is 5.89. The summed E-state index contributed by atoms with van der Waals surface area (Å²) in [6, 6.07) is 4.73. The van der Waals surface area contributed by atoms with Gasteiger partial charge in [-0.2, -0.15) is 0 Å². The zero-order valence-electron chi connectivity index (χ0n) is 13.1. The summed E-state index contributed by atoms with van der Waals surface area (Å²) in [6.45, 7) is 1.05. The number of carbonyl (C=O) groups excluding carboxylic acids is 1. The smallest absolute Gasteiger partial charge is 0.174 e. The van der Waals surface area contributed by atoms with Crippen LogP contribution in [0, 0.1) is 5.92 Å². The molecule has 4 aliphatic rings. The number of ether oxygens (including phenoxy) is 2. The number of likely N-dealkylation sites (N-methyl/N-ethyl adjacent to an activating group) is 1. The van der Waals surface area contributed by atoms with Gasteiger partial charge in [-0.25, -0.2) is 0 Å². The summed E-state index contributed by atoms with van der Waals surface area (Å²) >= 11 is 0. The van der Waals surface area contributed by atoms with E-state index in [1.54, 1.807) is 7.11 Å². The first-order chi connectivity index (χ1) is 10.7. The Balaban J connectivity index is 1.81. The van der Waals surface area contributed by atoms with Gasteiger partial charge in [0.2, 0.25) is 0 Å². The molecule has 0 amide bonds. The number of rotatable bonds is 1. The maximum absolute atomic E-state index is 12.6. The van der Waals surface area contributed by atoms with Crippen LogP contribution in [0.4, 0.5) is 0 Å². The molecule has 0 aromatic heterocycles. The third kappa shape index (κ3) is 1.27. The van der Waals surface area contributed by atoms with Crippen LogP contribution in [-0.2, 0) is 16.6 Å². The average Bonchev–Trinajstić information content (AvgIpc) is 2.88. The van der Waals surface area contributed by atoms with Crippen LogP contribution >= 0.6 is 0 Å². The topological polar surface area (TPSA) is 38.8 Å². The first kappa shape index (κ1) is 12.9. The number of benzene rings is 1. The van der Waals surface area contributed by atoms with Crippen molar-refractivity contribution in [2.75, 3.05) is 20.7 Å². The summed E-state index contributed by atoms with van der Waals surface area (Å²) in [5.41, 5.74) is 2.57. The number of carbonyl (C=O) groups is 1. The van der Waals surface area contributed by atoms with Gasteiger partial charge in [0, 0.05) is 23.4 Å². The van der Waals surface area contributed by atoms with Crippen molar-refractivity contribution in [3.05, 3.63) is 23.3 Å². The fourth-order valence-corrected chi connectivity index (χ4v) is 5.67. The van der Waals surface area contributed by atoms with Crippen LogP contribution in [0.3, 0.4) is 0 Å². The first-order valence-corrected chi connectivity index (χ1v) is 8.27. The molecule has 2 aliphatic carbocycles. The van der Waals surface area contributed by atoms with E-state index in [1.165, 1.54) is 11.1 Å². The molecule has 2 aliphatic heterocycles. The standard InChI is InChI=1S/C18H21NO3/c1-19-8-7-18-11-4-5-13(20)17(18)22-16-14(21-2)6-3-10(15(16)18)9-12(11)19/h3,6,11-12,17H,4-5,7-9H2,1-2H3/t11?,12-,17+,18+/m0/s1. The van der Waals surface area contributed by atoms with Crippen molar-refractivity contribution < 1.29 is 14.3 Å². The van der Waals surface area contributed by atoms with Crippen molar-refractivity contribution in [2.45, 2.75) is 43.2 Å². The molecule has 1 aromatic rings. The molecule has 1 saturated carbocycles. The fraction of sp³-hybridized carbons (Fsp3) is 0.611. The number of ketones is 1. The Kier molecular flexibility index (Phi) is 2.38. The van der Waals surface area contributed by atoms with Gasteiger partial charge in [-0.05, 0) is 50.4 Å². The minimum atomic E-state index is -0.284. The van der Waals surface area contributed by atoms with Crippen LogP contribution in [0.1, 0.15) is 30.4 Å². The molecular weight excluding hydrogens is 278 g/mol. The Hall–Kier alpha value is -1.55. The summed E-state index contributed by atoms with van der Waals surface area (Å²) < 4.78 is 11.8. The van der Waals surface area contributed by atoms with Crippen molar-refractivity contribution in [1.29, 1.82) is 0 Å². The van der Waals surface area contributed by atoms with Gasteiger partial charge in [-0.1, -0.05) is 6.07 Å². The molecule has 2 heterocycles. The van der Waals surface area contributed by atoms with Crippen LogP contribution in [0.25, 0.3) is 0 Å². The third-order valence-corrected chi connectivity index (χ3v) is 6.59. The second kappa shape index (κ2) is 4.05. The van der Waals surface area contributed by atoms with Gasteiger partial charge < -0.3 is 14.4 Å². The minimum absolute atomic E-state index is 0.0933. The van der Waals surface area contributed by atoms with Crippen molar-refractivity contribution in [3.8, 4) is 11.5 Å². The molecule has 0 radical (unpaired) electrons. The number of hydrogen-bond donors (Lipinski definition) is 0. The molecule has 1 aromatic carbocycles. The maximum Gasteiger partial charge on any atom is 0.174 e. The lowest BCUT2D eigenvalue weighted by atomic mass is 9.52. The molecule has 5 rings (SSSR count). The van der Waals surface area contributed by atoms with Crippen LogP contribution in [0.15, 0.2) is 12.1 Å². The highest BCUT2D eigenvalue weighted by Gasteiger charge is 2.65. The van der Waals surface area contributed by atoms with E-state index in [9.17, 15) is 4.79 Å². The predicted octanol–water partition coefficient (Wildman–Crippen LogP) is 1.93. The van der Waals surface area contributed by atoms with Gasteiger partial charge in [0.05, 0.1) is 7.11 Å². The van der Waals surface area contributed by atoms with Crippen molar-refractivity contribution >= 4 is 5.78 Å². The minimum Gasteiger partial charge on any atom is -0.493 e. The quantitative estimate of drug-likeness (QED) is 0.794. The molecule has 22 heavy (non-hydrogen) atoms. The van der Waals surface area contributed by atoms with Crippen molar-refractivity contribution in [3.63, 3.8) is 0 Å². The second-order valence-corrected chi connectivity index (χ2v) is 7.28. The number of Topliss-reactive ketones (excluding diaryl/α,β-unsaturated/α-hetero) is 1. The fourth-order valence-electron chi connectivity index (χ4n) is 5.67. The van der Waals surface area contributed by atoms with E-state index in [0.717, 1.165) is 37.3 Å². The zero-order chi connectivity index (χ0) is 15.1. The summed E-state index contributed by atoms with van der Waals surface area (Å²) in [7, 11) is 3.91. The summed E-state index contributed by atoms with van der Waals surface area (Å²) in [5.74, 6) is 2.46. The van der Waals surface area contributed by atoms with Crippen molar-refractivity contribution in [2.24, 2.45) is 5.92 Å². The maximum atomic E-state index is 12.6. The summed E-state index contributed by atoms with van der Waals surface area (Å²) in [5, 5.41) is 0. The van der Waals surface area contributed by atoms with E-state index in [-0.39, 0.29) is 17.3 Å². The van der Waals surface area contributed by atoms with Gasteiger partial charge in [0.1, 0.15) is 0 Å². The van der Waals surface area contributed by atoms with E-state index in [1.807, 2.05) is 6.07 Å². The summed E-state index contributed by atoms with van der Waals surface area (Å²) in [6.07, 6.45) is 3.47. The number of hydrogen-bond acceptors (Lipinski definition) is 4. The molecule has 4 atom stereocenters. The second-order valence-electron chi connectivity index (χ2n) is 7.28. The van der Waals surface area contributed by atoms with Crippen LogP contribution in [-0.4, -0.2) is 43.5 Å². The lowest BCUT2D eigenvalue weighted by Crippen LogP contribution is -2.65. The summed E-state index contributed by atoms with van der Waals surface area (Å²) in [4.78, 5) is 15.1. The molecule has 4 heteroatoms. The van der Waals surface area contributed by atoms with Crippen molar-refractivity contribution in [1.82, 2.24) is 4.90 Å². The molecule has 116 valence electrons. The molecule has 2 bridgehead atoms. The Bertz CT molecular complexity index is 685. The van der Waals surface area contributed by atoms with Crippen LogP contribution in [0.5, 0.6) is 11.5 Å². The van der Waals surface area contributed by atoms with Gasteiger partial charge in [-0.15, -0.1) is 0 Å². The largest absolute Gasteiger partial charge is 0.493 e. The molecular formula is C18H21NO3. The molecule has 1 saturated heterocycles. The molecule has 0 N–H and O–H groups in total. The highest BCUT2D eigenvalue weighted by Crippen LogP contribution is 2.62. The van der Waals surface area contributed by atoms with Crippen LogP contribution in [0.2, 0.25) is 0 Å². The Morgan fingerprint density at radius 1 is 1.41 bits per heavy atom. The van der Waals surface area contributed by atoms with E-state index in [4.69, 9.17) is 9.47 Å². The van der Waals surface area contributed by atoms with Gasteiger partial charge in [0.15, 0.2) is 23.4 Å². The molecule has 1 spiro atoms. The Labute approximate surface area is 130 Å². The molecule has 1 unspecified atom stereocenters. The number of likely N-dealkylation sites (tertiary alicyclic amines) is 1. The lowest BCUT2D eigenvalue weighted by molar-refractivity contribution is -0.138. The molecule has 4 nitrogen and oxygen atoms in total. The van der Waals surface area contributed by atoms with E-state index >= 15 is 0 Å². The third-order valence-electron chi connectivity index (χ3n) is 6.59. The van der Waals surface area contributed by atoms with E-state index < -0.39 is 0 Å². The van der Waals surface area contributed by atoms with Crippen LogP contribution < -0.4 is 9.47 Å². The normalized spacial score (nSPS) is 38.5. The average molecular weight is 299 g/mol. The Morgan fingerprint density at radius 2 is 2.27 bits per heavy atom.